The molecule has 1 aromatic heterocycles. The van der Waals surface area contributed by atoms with E-state index in [2.05, 4.69) is 25.9 Å². The van der Waals surface area contributed by atoms with E-state index in [0.29, 0.717) is 38.3 Å². The molecule has 4 amide bonds. The number of hydrogen-bond acceptors (Lipinski definition) is 6. The molecule has 45 heavy (non-hydrogen) atoms. The lowest BCUT2D eigenvalue weighted by Crippen LogP contribution is -2.54. The molecule has 240 valence electrons. The maximum atomic E-state index is 15.4. The summed E-state index contributed by atoms with van der Waals surface area (Å²) in [7, 11) is 1.97. The number of carbonyl (C=O) groups excluding carboxylic acids is 4. The quantitative estimate of drug-likeness (QED) is 0.284. The van der Waals surface area contributed by atoms with E-state index in [1.165, 1.54) is 47.3 Å². The molecule has 0 saturated carbocycles. The molecule has 11 nitrogen and oxygen atoms in total. The van der Waals surface area contributed by atoms with Crippen molar-refractivity contribution < 1.29 is 28.0 Å². The maximum absolute atomic E-state index is 15.4. The highest BCUT2D eigenvalue weighted by molar-refractivity contribution is 6.00. The predicted molar refractivity (Wildman–Crippen MR) is 164 cm³/mol. The molecule has 2 aromatic carbocycles. The number of nitrogens with one attached hydrogen (secondary N) is 3. The molecule has 0 radical (unpaired) electrons. The Bertz CT molecular complexity index is 1520. The molecule has 3 aromatic rings. The van der Waals surface area contributed by atoms with E-state index < -0.39 is 35.5 Å². The first kappa shape index (κ1) is 33.2. The van der Waals surface area contributed by atoms with Gasteiger partial charge in [0.2, 0.25) is 17.7 Å². The number of benzene rings is 2. The molecule has 0 aliphatic carbocycles. The Morgan fingerprint density at radius 1 is 0.889 bits per heavy atom. The van der Waals surface area contributed by atoms with Gasteiger partial charge in [-0.3, -0.25) is 23.9 Å². The minimum absolute atomic E-state index is 0.0547. The number of aryl methyl sites for hydroxylation is 1. The van der Waals surface area contributed by atoms with Crippen LogP contribution in [0.25, 0.3) is 0 Å². The topological polar surface area (TPSA) is 129 Å². The van der Waals surface area contributed by atoms with Gasteiger partial charge in [0, 0.05) is 58.2 Å². The second kappa shape index (κ2) is 15.4. The minimum Gasteiger partial charge on any atom is -0.344 e. The lowest BCUT2D eigenvalue weighted by atomic mass is 10.0. The first-order valence-electron chi connectivity index (χ1n) is 15.0. The number of nitrogens with zero attached hydrogens (tertiary/aromatic N) is 4. The fraction of sp³-hybridized carbons (Fsp3) is 0.406. The summed E-state index contributed by atoms with van der Waals surface area (Å²) in [6, 6.07) is 9.38. The zero-order valence-electron chi connectivity index (χ0n) is 25.7. The molecule has 2 atom stereocenters. The van der Waals surface area contributed by atoms with Gasteiger partial charge < -0.3 is 25.8 Å². The summed E-state index contributed by atoms with van der Waals surface area (Å²) in [4.78, 5) is 55.8. The Hall–Kier alpha value is -4.65. The molecule has 1 aliphatic heterocycles. The SMILES string of the molecule is CCC(=O)N[C@H](Cc1ccc(NC(=O)[C@H](Cc2ccccc2F)NC(=O)c2ccnn2CC)c(F)c1)C(=O)N1CCN(C)CC1. The third-order valence-electron chi connectivity index (χ3n) is 7.75. The van der Waals surface area contributed by atoms with Gasteiger partial charge in [-0.1, -0.05) is 31.2 Å². The van der Waals surface area contributed by atoms with Crippen LogP contribution in [0.1, 0.15) is 41.9 Å². The highest BCUT2D eigenvalue weighted by Crippen LogP contribution is 2.19. The molecule has 1 aliphatic rings. The summed E-state index contributed by atoms with van der Waals surface area (Å²) in [6.07, 6.45) is 1.52. The highest BCUT2D eigenvalue weighted by Gasteiger charge is 2.29. The third-order valence-corrected chi connectivity index (χ3v) is 7.75. The standard InChI is InChI=1S/C32H39F2N7O4/c1-4-29(42)36-27(32(45)40-16-14-39(3)15-17-40)19-21-10-11-25(24(34)18-21)37-30(43)26(20-22-8-6-7-9-23(22)33)38-31(44)28-12-13-35-41(28)5-2/h6-13,18,26-27H,4-5,14-17,19-20H2,1-3H3,(H,36,42)(H,37,43)(H,38,44)/t26-,27+/m0/s1. The lowest BCUT2D eigenvalue weighted by Gasteiger charge is -2.34. The van der Waals surface area contributed by atoms with Crippen molar-refractivity contribution in [3.05, 3.63) is 83.2 Å². The summed E-state index contributed by atoms with van der Waals surface area (Å²) in [5.74, 6) is -3.19. The number of carbonyl (C=O) groups is 4. The molecule has 1 fully saturated rings. The summed E-state index contributed by atoms with van der Waals surface area (Å²) in [5.41, 5.74) is 0.700. The number of aromatic nitrogens is 2. The average Bonchev–Trinajstić information content (AvgIpc) is 3.52. The van der Waals surface area contributed by atoms with Crippen LogP contribution in [0.3, 0.4) is 0 Å². The molecule has 13 heteroatoms. The van der Waals surface area contributed by atoms with Crippen LogP contribution < -0.4 is 16.0 Å². The maximum Gasteiger partial charge on any atom is 0.270 e. The number of piperazine rings is 1. The summed E-state index contributed by atoms with van der Waals surface area (Å²) in [6.45, 7) is 6.39. The Morgan fingerprint density at radius 3 is 2.29 bits per heavy atom. The first-order valence-corrected chi connectivity index (χ1v) is 15.0. The van der Waals surface area contributed by atoms with Gasteiger partial charge in [-0.05, 0) is 49.4 Å². The smallest absolute Gasteiger partial charge is 0.270 e. The van der Waals surface area contributed by atoms with Gasteiger partial charge in [0.1, 0.15) is 29.4 Å². The molecular formula is C32H39F2N7O4. The zero-order valence-corrected chi connectivity index (χ0v) is 25.7. The number of rotatable bonds is 12. The molecular weight excluding hydrogens is 584 g/mol. The van der Waals surface area contributed by atoms with Crippen molar-refractivity contribution in [1.29, 1.82) is 0 Å². The van der Waals surface area contributed by atoms with Gasteiger partial charge in [-0.25, -0.2) is 8.78 Å². The van der Waals surface area contributed by atoms with E-state index >= 15 is 4.39 Å². The van der Waals surface area contributed by atoms with E-state index in [0.717, 1.165) is 0 Å². The lowest BCUT2D eigenvalue weighted by molar-refractivity contribution is -0.137. The Morgan fingerprint density at radius 2 is 1.62 bits per heavy atom. The highest BCUT2D eigenvalue weighted by atomic mass is 19.1. The zero-order chi connectivity index (χ0) is 32.5. The largest absolute Gasteiger partial charge is 0.344 e. The van der Waals surface area contributed by atoms with Crippen molar-refractivity contribution >= 4 is 29.3 Å². The van der Waals surface area contributed by atoms with Crippen LogP contribution in [0.5, 0.6) is 0 Å². The second-order valence-electron chi connectivity index (χ2n) is 11.0. The summed E-state index contributed by atoms with van der Waals surface area (Å²) in [5, 5.41) is 12.0. The van der Waals surface area contributed by atoms with Crippen molar-refractivity contribution in [3.63, 3.8) is 0 Å². The first-order chi connectivity index (χ1) is 21.6. The van der Waals surface area contributed by atoms with Crippen LogP contribution in [0.4, 0.5) is 14.5 Å². The van der Waals surface area contributed by atoms with Gasteiger partial charge >= 0.3 is 0 Å². The van der Waals surface area contributed by atoms with E-state index in [9.17, 15) is 23.6 Å². The number of amides is 4. The molecule has 0 bridgehead atoms. The Balaban J connectivity index is 1.50. The number of likely N-dealkylation sites (N-methyl/N-ethyl adjacent to an activating group) is 1. The van der Waals surface area contributed by atoms with E-state index in [1.54, 1.807) is 24.0 Å². The van der Waals surface area contributed by atoms with Gasteiger partial charge in [-0.15, -0.1) is 0 Å². The number of anilines is 1. The molecule has 0 unspecified atom stereocenters. The van der Waals surface area contributed by atoms with Crippen LogP contribution in [-0.4, -0.2) is 88.5 Å². The van der Waals surface area contributed by atoms with Crippen LogP contribution in [0.2, 0.25) is 0 Å². The van der Waals surface area contributed by atoms with Gasteiger partial charge in [0.05, 0.1) is 5.69 Å². The number of halogens is 2. The predicted octanol–water partition coefficient (Wildman–Crippen LogP) is 2.37. The second-order valence-corrected chi connectivity index (χ2v) is 11.0. The average molecular weight is 624 g/mol. The van der Waals surface area contributed by atoms with Crippen molar-refractivity contribution in [2.45, 2.75) is 51.7 Å². The molecule has 1 saturated heterocycles. The fourth-order valence-electron chi connectivity index (χ4n) is 5.09. The van der Waals surface area contributed by atoms with E-state index in [-0.39, 0.29) is 48.0 Å². The fourth-order valence-corrected chi connectivity index (χ4v) is 5.09. The van der Waals surface area contributed by atoms with Crippen LogP contribution in [0.15, 0.2) is 54.7 Å². The van der Waals surface area contributed by atoms with Crippen molar-refractivity contribution in [1.82, 2.24) is 30.2 Å². The van der Waals surface area contributed by atoms with Gasteiger partial charge in [0.15, 0.2) is 0 Å². The third kappa shape index (κ3) is 8.72. The minimum atomic E-state index is -1.25. The van der Waals surface area contributed by atoms with E-state index in [4.69, 9.17) is 0 Å². The Kier molecular flexibility index (Phi) is 11.4. The molecule has 0 spiro atoms. The van der Waals surface area contributed by atoms with Crippen molar-refractivity contribution in [3.8, 4) is 0 Å². The van der Waals surface area contributed by atoms with Crippen LogP contribution >= 0.6 is 0 Å². The molecule has 3 N–H and O–H groups in total. The van der Waals surface area contributed by atoms with Gasteiger partial charge in [-0.2, -0.15) is 5.10 Å². The Labute approximate surface area is 260 Å². The van der Waals surface area contributed by atoms with Gasteiger partial charge in [0.25, 0.3) is 5.91 Å². The molecule has 2 heterocycles. The molecule has 4 rings (SSSR count). The van der Waals surface area contributed by atoms with Crippen molar-refractivity contribution in [2.24, 2.45) is 0 Å². The summed E-state index contributed by atoms with van der Waals surface area (Å²) < 4.78 is 31.3. The monoisotopic (exact) mass is 623 g/mol. The van der Waals surface area contributed by atoms with Crippen molar-refractivity contribution in [2.75, 3.05) is 38.5 Å². The van der Waals surface area contributed by atoms with E-state index in [1.807, 2.05) is 14.0 Å². The normalized spacial score (nSPS) is 14.8. The van der Waals surface area contributed by atoms with Crippen LogP contribution in [-0.2, 0) is 33.8 Å². The van der Waals surface area contributed by atoms with Crippen LogP contribution in [0, 0.1) is 11.6 Å². The number of hydrogen-bond donors (Lipinski definition) is 3. The summed E-state index contributed by atoms with van der Waals surface area (Å²) >= 11 is 0.